The average molecular weight is 158 g/mol. The van der Waals surface area contributed by atoms with Crippen molar-refractivity contribution in [2.45, 2.75) is 20.0 Å². The Bertz CT molecular complexity index is 140. The van der Waals surface area contributed by atoms with Crippen LogP contribution in [0.2, 0.25) is 0 Å². The molecule has 0 rings (SSSR count). The predicted molar refractivity (Wildman–Crippen MR) is 42.0 cm³/mol. The van der Waals surface area contributed by atoms with Crippen molar-refractivity contribution in [2.24, 2.45) is 5.92 Å². The number of hydrogen-bond acceptors (Lipinski definition) is 3. The fourth-order valence-corrected chi connectivity index (χ4v) is 0.469. The van der Waals surface area contributed by atoms with Crippen LogP contribution in [0.25, 0.3) is 0 Å². The van der Waals surface area contributed by atoms with Crippen molar-refractivity contribution in [3.63, 3.8) is 0 Å². The Labute approximate surface area is 66.7 Å². The molecule has 2 atom stereocenters. The Morgan fingerprint density at radius 3 is 2.64 bits per heavy atom. The number of aliphatic hydroxyl groups is 1. The number of rotatable bonds is 4. The Morgan fingerprint density at radius 1 is 1.73 bits per heavy atom. The van der Waals surface area contributed by atoms with Gasteiger partial charge in [0.15, 0.2) is 0 Å². The van der Waals surface area contributed by atoms with Crippen LogP contribution in [-0.4, -0.2) is 23.8 Å². The maximum Gasteiger partial charge on any atom is 0.311 e. The van der Waals surface area contributed by atoms with Crippen molar-refractivity contribution in [3.05, 3.63) is 12.7 Å². The van der Waals surface area contributed by atoms with E-state index in [1.165, 1.54) is 6.08 Å². The van der Waals surface area contributed by atoms with Crippen LogP contribution in [0.4, 0.5) is 0 Å². The highest BCUT2D eigenvalue weighted by Gasteiger charge is 2.18. The normalized spacial score (nSPS) is 15.2. The first kappa shape index (κ1) is 10.2. The molecule has 0 aliphatic heterocycles. The van der Waals surface area contributed by atoms with Gasteiger partial charge in [0.25, 0.3) is 0 Å². The van der Waals surface area contributed by atoms with Gasteiger partial charge in [-0.05, 0) is 13.8 Å². The van der Waals surface area contributed by atoms with Crippen LogP contribution >= 0.6 is 0 Å². The lowest BCUT2D eigenvalue weighted by Crippen LogP contribution is -2.24. The van der Waals surface area contributed by atoms with E-state index < -0.39 is 12.0 Å². The highest BCUT2D eigenvalue weighted by atomic mass is 16.5. The molecule has 0 aliphatic carbocycles. The van der Waals surface area contributed by atoms with Gasteiger partial charge >= 0.3 is 5.97 Å². The molecule has 0 aromatic heterocycles. The summed E-state index contributed by atoms with van der Waals surface area (Å²) in [5, 5.41) is 8.96. The molecule has 11 heavy (non-hydrogen) atoms. The molecule has 0 saturated carbocycles. The van der Waals surface area contributed by atoms with E-state index in [9.17, 15) is 4.79 Å². The number of ether oxygens (including phenoxy) is 1. The maximum atomic E-state index is 10.9. The van der Waals surface area contributed by atoms with Crippen LogP contribution in [0, 0.1) is 5.92 Å². The molecule has 1 N–H and O–H groups in total. The summed E-state index contributed by atoms with van der Waals surface area (Å²) >= 11 is 0. The zero-order valence-electron chi connectivity index (χ0n) is 6.91. The minimum atomic E-state index is -0.660. The Hall–Kier alpha value is -0.830. The molecular formula is C8H14O3. The van der Waals surface area contributed by atoms with Gasteiger partial charge in [0.05, 0.1) is 12.0 Å². The third-order valence-electron chi connectivity index (χ3n) is 1.44. The van der Waals surface area contributed by atoms with Crippen LogP contribution in [-0.2, 0) is 9.53 Å². The van der Waals surface area contributed by atoms with Crippen molar-refractivity contribution >= 4 is 5.97 Å². The van der Waals surface area contributed by atoms with E-state index in [2.05, 4.69) is 6.58 Å². The summed E-state index contributed by atoms with van der Waals surface area (Å²) in [5.74, 6) is -0.852. The number of carbonyl (C=O) groups excluding carboxylic acids is 1. The van der Waals surface area contributed by atoms with Crippen molar-refractivity contribution in [3.8, 4) is 0 Å². The lowest BCUT2D eigenvalue weighted by molar-refractivity contribution is -0.149. The van der Waals surface area contributed by atoms with Crippen LogP contribution in [0.3, 0.4) is 0 Å². The van der Waals surface area contributed by atoms with Crippen molar-refractivity contribution < 1.29 is 14.6 Å². The summed E-state index contributed by atoms with van der Waals surface area (Å²) in [7, 11) is 0. The summed E-state index contributed by atoms with van der Waals surface area (Å²) < 4.78 is 4.70. The highest BCUT2D eigenvalue weighted by molar-refractivity contribution is 5.72. The molecule has 0 aromatic rings. The molecular weight excluding hydrogens is 144 g/mol. The fraction of sp³-hybridized carbons (Fsp3) is 0.625. The van der Waals surface area contributed by atoms with Gasteiger partial charge in [-0.25, -0.2) is 0 Å². The van der Waals surface area contributed by atoms with E-state index in [4.69, 9.17) is 9.84 Å². The van der Waals surface area contributed by atoms with E-state index in [-0.39, 0.29) is 12.6 Å². The minimum Gasteiger partial charge on any atom is -0.461 e. The highest BCUT2D eigenvalue weighted by Crippen LogP contribution is 2.03. The molecule has 0 bridgehead atoms. The van der Waals surface area contributed by atoms with Gasteiger partial charge in [0.1, 0.15) is 6.61 Å². The SMILES string of the molecule is C=CCOC(=O)[C@H](C)[C@H](C)O. The Balaban J connectivity index is 3.73. The zero-order chi connectivity index (χ0) is 8.85. The van der Waals surface area contributed by atoms with E-state index in [1.807, 2.05) is 0 Å². The molecule has 0 aliphatic rings. The number of esters is 1. The quantitative estimate of drug-likeness (QED) is 0.484. The zero-order valence-corrected chi connectivity index (χ0v) is 6.91. The van der Waals surface area contributed by atoms with E-state index >= 15 is 0 Å². The van der Waals surface area contributed by atoms with Gasteiger partial charge < -0.3 is 9.84 Å². The maximum absolute atomic E-state index is 10.9. The number of carbonyl (C=O) groups is 1. The Kier molecular flexibility index (Phi) is 4.54. The molecule has 3 nitrogen and oxygen atoms in total. The van der Waals surface area contributed by atoms with Crippen LogP contribution in [0.1, 0.15) is 13.8 Å². The van der Waals surface area contributed by atoms with E-state index in [1.54, 1.807) is 13.8 Å². The van der Waals surface area contributed by atoms with Gasteiger partial charge in [0.2, 0.25) is 0 Å². The summed E-state index contributed by atoms with van der Waals surface area (Å²) in [6.45, 7) is 6.78. The molecule has 0 aromatic carbocycles. The molecule has 0 spiro atoms. The Morgan fingerprint density at radius 2 is 2.27 bits per heavy atom. The van der Waals surface area contributed by atoms with Gasteiger partial charge in [0, 0.05) is 0 Å². The first-order valence-corrected chi connectivity index (χ1v) is 3.55. The third-order valence-corrected chi connectivity index (χ3v) is 1.44. The first-order valence-electron chi connectivity index (χ1n) is 3.55. The van der Waals surface area contributed by atoms with Crippen molar-refractivity contribution in [2.75, 3.05) is 6.61 Å². The molecule has 0 radical (unpaired) electrons. The van der Waals surface area contributed by atoms with Gasteiger partial charge in [-0.15, -0.1) is 0 Å². The molecule has 3 heteroatoms. The summed E-state index contributed by atoms with van der Waals surface area (Å²) in [5.41, 5.74) is 0. The fourth-order valence-electron chi connectivity index (χ4n) is 0.469. The molecule has 0 saturated heterocycles. The second-order valence-corrected chi connectivity index (χ2v) is 2.45. The van der Waals surface area contributed by atoms with E-state index in [0.717, 1.165) is 0 Å². The van der Waals surface area contributed by atoms with Gasteiger partial charge in [-0.2, -0.15) is 0 Å². The minimum absolute atomic E-state index is 0.204. The summed E-state index contributed by atoms with van der Waals surface area (Å²) in [4.78, 5) is 10.9. The second-order valence-electron chi connectivity index (χ2n) is 2.45. The topological polar surface area (TPSA) is 46.5 Å². The summed E-state index contributed by atoms with van der Waals surface area (Å²) in [6, 6.07) is 0. The van der Waals surface area contributed by atoms with Crippen molar-refractivity contribution in [1.82, 2.24) is 0 Å². The monoisotopic (exact) mass is 158 g/mol. The lowest BCUT2D eigenvalue weighted by atomic mass is 10.1. The van der Waals surface area contributed by atoms with Gasteiger partial charge in [-0.1, -0.05) is 12.7 Å². The smallest absolute Gasteiger partial charge is 0.311 e. The van der Waals surface area contributed by atoms with Crippen molar-refractivity contribution in [1.29, 1.82) is 0 Å². The second kappa shape index (κ2) is 4.91. The van der Waals surface area contributed by atoms with Crippen LogP contribution in [0.15, 0.2) is 12.7 Å². The molecule has 0 heterocycles. The number of hydrogen-bond donors (Lipinski definition) is 1. The third kappa shape index (κ3) is 3.78. The number of aliphatic hydroxyl groups excluding tert-OH is 1. The van der Waals surface area contributed by atoms with Crippen LogP contribution in [0.5, 0.6) is 0 Å². The predicted octanol–water partition coefficient (Wildman–Crippen LogP) is 0.732. The molecule has 64 valence electrons. The first-order chi connectivity index (χ1) is 5.09. The van der Waals surface area contributed by atoms with Crippen LogP contribution < -0.4 is 0 Å². The average Bonchev–Trinajstić information content (AvgIpc) is 1.98. The molecule has 0 amide bonds. The van der Waals surface area contributed by atoms with Gasteiger partial charge in [-0.3, -0.25) is 4.79 Å². The lowest BCUT2D eigenvalue weighted by Gasteiger charge is -2.12. The molecule has 0 fully saturated rings. The molecule has 0 unspecified atom stereocenters. The largest absolute Gasteiger partial charge is 0.461 e. The standard InChI is InChI=1S/C8H14O3/c1-4-5-11-8(10)6(2)7(3)9/h4,6-7,9H,1,5H2,2-3H3/t6-,7+/m1/s1. The summed E-state index contributed by atoms with van der Waals surface area (Å²) in [6.07, 6.45) is 0.833. The van der Waals surface area contributed by atoms with E-state index in [0.29, 0.717) is 0 Å².